The minimum Gasteiger partial charge on any atom is -0.497 e. The Labute approximate surface area is 101 Å². The number of nitrogens with zero attached hydrogens (tertiary/aromatic N) is 1. The van der Waals surface area contributed by atoms with Gasteiger partial charge in [0.05, 0.1) is 7.11 Å². The topological polar surface area (TPSA) is 55.6 Å². The Bertz CT molecular complexity index is 431. The van der Waals surface area contributed by atoms with Crippen LogP contribution in [0.3, 0.4) is 0 Å². The van der Waals surface area contributed by atoms with Gasteiger partial charge in [-0.15, -0.1) is 0 Å². The van der Waals surface area contributed by atoms with E-state index in [1.54, 1.807) is 25.3 Å². The third-order valence-corrected chi connectivity index (χ3v) is 3.29. The second-order valence-corrected chi connectivity index (χ2v) is 4.57. The Kier molecular flexibility index (Phi) is 3.33. The number of carbonyl (C=O) groups is 1. The van der Waals surface area contributed by atoms with Crippen LogP contribution < -0.4 is 10.5 Å². The van der Waals surface area contributed by atoms with Gasteiger partial charge in [0.15, 0.2) is 5.78 Å². The van der Waals surface area contributed by atoms with Gasteiger partial charge >= 0.3 is 0 Å². The first-order chi connectivity index (χ1) is 8.11. The highest BCUT2D eigenvalue weighted by Crippen LogP contribution is 2.25. The molecule has 0 amide bonds. The number of carbonyl (C=O) groups excluding carboxylic acids is 1. The molecule has 92 valence electrons. The van der Waals surface area contributed by atoms with Crippen molar-refractivity contribution in [3.63, 3.8) is 0 Å². The zero-order valence-electron chi connectivity index (χ0n) is 10.3. The molecule has 0 saturated carbocycles. The molecule has 1 fully saturated rings. The maximum atomic E-state index is 12.3. The lowest BCUT2D eigenvalue weighted by Gasteiger charge is -2.12. The predicted octanol–water partition coefficient (Wildman–Crippen LogP) is 1.41. The summed E-state index contributed by atoms with van der Waals surface area (Å²) in [5.74, 6) is 0.910. The zero-order valence-corrected chi connectivity index (χ0v) is 10.3. The van der Waals surface area contributed by atoms with Crippen molar-refractivity contribution in [2.75, 3.05) is 33.0 Å². The number of benzene rings is 1. The number of anilines is 1. The maximum absolute atomic E-state index is 12.3. The van der Waals surface area contributed by atoms with E-state index in [1.165, 1.54) is 0 Å². The van der Waals surface area contributed by atoms with Crippen molar-refractivity contribution >= 4 is 11.5 Å². The normalized spacial score (nSPS) is 20.5. The molecule has 2 rings (SSSR count). The zero-order chi connectivity index (χ0) is 12.4. The Morgan fingerprint density at radius 3 is 2.82 bits per heavy atom. The summed E-state index contributed by atoms with van der Waals surface area (Å²) in [7, 11) is 3.62. The van der Waals surface area contributed by atoms with E-state index in [2.05, 4.69) is 4.90 Å². The third kappa shape index (κ3) is 2.42. The number of methoxy groups -OCH3 is 1. The average Bonchev–Trinajstić information content (AvgIpc) is 2.75. The molecule has 0 aliphatic carbocycles. The van der Waals surface area contributed by atoms with Gasteiger partial charge in [-0.3, -0.25) is 4.79 Å². The number of ether oxygens (including phenoxy) is 1. The van der Waals surface area contributed by atoms with Crippen molar-refractivity contribution in [1.29, 1.82) is 0 Å². The average molecular weight is 234 g/mol. The van der Waals surface area contributed by atoms with Crippen molar-refractivity contribution in [3.8, 4) is 5.75 Å². The number of hydrogen-bond acceptors (Lipinski definition) is 4. The highest BCUT2D eigenvalue weighted by molar-refractivity contribution is 6.02. The van der Waals surface area contributed by atoms with Gasteiger partial charge in [0.1, 0.15) is 5.75 Å². The van der Waals surface area contributed by atoms with Crippen LogP contribution in [0, 0.1) is 5.92 Å². The highest BCUT2D eigenvalue weighted by Gasteiger charge is 2.27. The van der Waals surface area contributed by atoms with E-state index in [4.69, 9.17) is 10.5 Å². The van der Waals surface area contributed by atoms with Crippen molar-refractivity contribution < 1.29 is 9.53 Å². The summed E-state index contributed by atoms with van der Waals surface area (Å²) in [4.78, 5) is 14.4. The molecule has 1 unspecified atom stereocenters. The summed E-state index contributed by atoms with van der Waals surface area (Å²) in [5.41, 5.74) is 7.01. The molecular weight excluding hydrogens is 216 g/mol. The largest absolute Gasteiger partial charge is 0.497 e. The molecule has 17 heavy (non-hydrogen) atoms. The van der Waals surface area contributed by atoms with Gasteiger partial charge in [0.25, 0.3) is 0 Å². The first-order valence-corrected chi connectivity index (χ1v) is 5.78. The minimum absolute atomic E-state index is 0.0793. The molecule has 4 heteroatoms. The van der Waals surface area contributed by atoms with E-state index < -0.39 is 0 Å². The van der Waals surface area contributed by atoms with E-state index in [1.807, 2.05) is 7.05 Å². The summed E-state index contributed by atoms with van der Waals surface area (Å²) in [6.45, 7) is 1.80. The molecule has 1 aromatic rings. The molecule has 2 N–H and O–H groups in total. The molecule has 1 saturated heterocycles. The molecule has 4 nitrogen and oxygen atoms in total. The fourth-order valence-electron chi connectivity index (χ4n) is 2.26. The fraction of sp³-hybridized carbons (Fsp3) is 0.462. The predicted molar refractivity (Wildman–Crippen MR) is 67.3 cm³/mol. The number of rotatable bonds is 3. The van der Waals surface area contributed by atoms with E-state index in [0.717, 1.165) is 19.5 Å². The quantitative estimate of drug-likeness (QED) is 0.634. The fourth-order valence-corrected chi connectivity index (χ4v) is 2.26. The molecule has 1 aliphatic heterocycles. The first-order valence-electron chi connectivity index (χ1n) is 5.78. The lowest BCUT2D eigenvalue weighted by atomic mass is 9.96. The second-order valence-electron chi connectivity index (χ2n) is 4.57. The number of Topliss-reactive ketones (excluding diaryl/α,β-unsaturated/α-hetero) is 1. The molecule has 1 aliphatic rings. The molecule has 0 aromatic heterocycles. The van der Waals surface area contributed by atoms with Gasteiger partial charge < -0.3 is 15.4 Å². The molecular formula is C13H18N2O2. The molecule has 1 aromatic carbocycles. The van der Waals surface area contributed by atoms with Gasteiger partial charge in [-0.1, -0.05) is 0 Å². The van der Waals surface area contributed by atoms with Gasteiger partial charge in [0, 0.05) is 29.8 Å². The van der Waals surface area contributed by atoms with Crippen LogP contribution in [0.1, 0.15) is 16.8 Å². The van der Waals surface area contributed by atoms with Crippen LogP contribution in [0.15, 0.2) is 18.2 Å². The number of hydrogen-bond donors (Lipinski definition) is 1. The van der Waals surface area contributed by atoms with E-state index in [9.17, 15) is 4.79 Å². The number of ketones is 1. The van der Waals surface area contributed by atoms with Crippen molar-refractivity contribution in [2.24, 2.45) is 5.92 Å². The summed E-state index contributed by atoms with van der Waals surface area (Å²) < 4.78 is 5.07. The van der Waals surface area contributed by atoms with Crippen LogP contribution in [-0.4, -0.2) is 37.9 Å². The lowest BCUT2D eigenvalue weighted by molar-refractivity contribution is 0.0925. The van der Waals surface area contributed by atoms with Crippen molar-refractivity contribution in [2.45, 2.75) is 6.42 Å². The van der Waals surface area contributed by atoms with Crippen molar-refractivity contribution in [3.05, 3.63) is 23.8 Å². The monoisotopic (exact) mass is 234 g/mol. The molecule has 1 atom stereocenters. The van der Waals surface area contributed by atoms with Gasteiger partial charge in [-0.2, -0.15) is 0 Å². The van der Waals surface area contributed by atoms with Crippen LogP contribution in [0.2, 0.25) is 0 Å². The molecule has 1 heterocycles. The lowest BCUT2D eigenvalue weighted by Crippen LogP contribution is -2.20. The van der Waals surface area contributed by atoms with Gasteiger partial charge in [-0.25, -0.2) is 0 Å². The van der Waals surface area contributed by atoms with Crippen LogP contribution in [0.5, 0.6) is 5.75 Å². The second kappa shape index (κ2) is 4.75. The van der Waals surface area contributed by atoms with Crippen LogP contribution in [0.25, 0.3) is 0 Å². The Morgan fingerprint density at radius 2 is 2.29 bits per heavy atom. The summed E-state index contributed by atoms with van der Waals surface area (Å²) in [5, 5.41) is 0. The van der Waals surface area contributed by atoms with Gasteiger partial charge in [-0.05, 0) is 32.1 Å². The summed E-state index contributed by atoms with van der Waals surface area (Å²) in [6, 6.07) is 5.24. The Balaban J connectivity index is 2.19. The highest BCUT2D eigenvalue weighted by atomic mass is 16.5. The third-order valence-electron chi connectivity index (χ3n) is 3.29. The Morgan fingerprint density at radius 1 is 1.53 bits per heavy atom. The van der Waals surface area contributed by atoms with Gasteiger partial charge in [0.2, 0.25) is 0 Å². The minimum atomic E-state index is 0.0793. The molecule has 0 radical (unpaired) electrons. The number of nitrogens with two attached hydrogens (primary N) is 1. The SMILES string of the molecule is COc1ccc(C(=O)C2CCN(C)C2)c(N)c1. The van der Waals surface area contributed by atoms with Crippen LogP contribution in [-0.2, 0) is 0 Å². The molecule has 0 spiro atoms. The standard InChI is InChI=1S/C13H18N2O2/c1-15-6-5-9(8-15)13(16)11-4-3-10(17-2)7-12(11)14/h3-4,7,9H,5-6,8,14H2,1-2H3. The summed E-state index contributed by atoms with van der Waals surface area (Å²) >= 11 is 0. The van der Waals surface area contributed by atoms with E-state index in [0.29, 0.717) is 17.0 Å². The number of likely N-dealkylation sites (tertiary alicyclic amines) is 1. The smallest absolute Gasteiger partial charge is 0.169 e. The first kappa shape index (κ1) is 11.9. The summed E-state index contributed by atoms with van der Waals surface area (Å²) in [6.07, 6.45) is 0.917. The maximum Gasteiger partial charge on any atom is 0.169 e. The van der Waals surface area contributed by atoms with Crippen LogP contribution >= 0.6 is 0 Å². The molecule has 0 bridgehead atoms. The van der Waals surface area contributed by atoms with E-state index >= 15 is 0 Å². The van der Waals surface area contributed by atoms with Crippen molar-refractivity contribution in [1.82, 2.24) is 4.90 Å². The van der Waals surface area contributed by atoms with Crippen LogP contribution in [0.4, 0.5) is 5.69 Å². The Hall–Kier alpha value is -1.55. The number of nitrogen functional groups attached to an aromatic ring is 1. The van der Waals surface area contributed by atoms with E-state index in [-0.39, 0.29) is 11.7 Å².